The van der Waals surface area contributed by atoms with E-state index in [2.05, 4.69) is 53.9 Å². The van der Waals surface area contributed by atoms with Crippen LogP contribution in [-0.4, -0.2) is 125 Å². The molecule has 3 heterocycles. The number of phenols is 1. The quantitative estimate of drug-likeness (QED) is 0.0768. The van der Waals surface area contributed by atoms with E-state index in [0.29, 0.717) is 83.1 Å². The summed E-state index contributed by atoms with van der Waals surface area (Å²) in [5, 5.41) is 12.4. The lowest BCUT2D eigenvalue weighted by Crippen LogP contribution is -2.31. The molecule has 0 spiro atoms. The lowest BCUT2D eigenvalue weighted by molar-refractivity contribution is 0.250. The van der Waals surface area contributed by atoms with Gasteiger partial charge < -0.3 is 43.3 Å². The molecule has 2 atom stereocenters. The summed E-state index contributed by atoms with van der Waals surface area (Å²) in [5.41, 5.74) is 3.91. The van der Waals surface area contributed by atoms with Crippen molar-refractivity contribution >= 4 is 21.9 Å². The van der Waals surface area contributed by atoms with Crippen molar-refractivity contribution in [2.24, 2.45) is 0 Å². The molecular formula is C44H66N4O6. The number of phenolic OH excluding ortho intramolecular Hbond substituents is 1. The normalized spacial score (nSPS) is 18.0. The molecule has 3 aromatic rings. The van der Waals surface area contributed by atoms with Gasteiger partial charge in [0, 0.05) is 48.4 Å². The first-order chi connectivity index (χ1) is 25.9. The van der Waals surface area contributed by atoms with Gasteiger partial charge in [0.1, 0.15) is 28.1 Å². The molecule has 298 valence electrons. The number of ether oxygens (including phenoxy) is 3. The molecule has 2 aliphatic rings. The molecule has 1 aromatic heterocycles. The van der Waals surface area contributed by atoms with Crippen molar-refractivity contribution in [3.05, 3.63) is 56.8 Å². The number of allylic oxidation sites excluding steroid dienone is 4. The second-order valence-corrected chi connectivity index (χ2v) is 16.3. The monoisotopic (exact) mass is 746 g/mol. The summed E-state index contributed by atoms with van der Waals surface area (Å²) >= 11 is 0. The second kappa shape index (κ2) is 19.3. The molecule has 0 amide bonds. The van der Waals surface area contributed by atoms with Gasteiger partial charge in [0.25, 0.3) is 0 Å². The molecular weight excluding hydrogens is 681 g/mol. The first-order valence-electron chi connectivity index (χ1n) is 20.0. The van der Waals surface area contributed by atoms with E-state index >= 15 is 0 Å². The van der Waals surface area contributed by atoms with E-state index in [-0.39, 0.29) is 16.6 Å². The van der Waals surface area contributed by atoms with Gasteiger partial charge in [0.2, 0.25) is 5.43 Å². The number of rotatable bonds is 19. The van der Waals surface area contributed by atoms with Gasteiger partial charge in [-0.2, -0.15) is 0 Å². The predicted octanol–water partition coefficient (Wildman–Crippen LogP) is 7.27. The Hall–Kier alpha value is -3.57. The molecule has 0 bridgehead atoms. The fourth-order valence-electron chi connectivity index (χ4n) is 7.78. The van der Waals surface area contributed by atoms with Gasteiger partial charge in [-0.3, -0.25) is 4.79 Å². The number of nitrogens with zero attached hydrogens (tertiary/aromatic N) is 4. The van der Waals surface area contributed by atoms with Crippen molar-refractivity contribution in [3.8, 4) is 23.0 Å². The SMILES string of the molecule is COc1c(OCCCCN2CC[C@@H](N(C)C)C2)cc2oc3cc(OCCCCN4CC[C@@H](N(C)C)C4)c(CC=C(C)C)c(O)c3c(=O)c2c1CC=C(C)C. The van der Waals surface area contributed by atoms with Gasteiger partial charge in [-0.05, 0) is 133 Å². The molecule has 54 heavy (non-hydrogen) atoms. The smallest absolute Gasteiger partial charge is 0.204 e. The summed E-state index contributed by atoms with van der Waals surface area (Å²) in [6.45, 7) is 15.7. The van der Waals surface area contributed by atoms with Gasteiger partial charge in [0.15, 0.2) is 11.5 Å². The number of benzene rings is 2. The highest BCUT2D eigenvalue weighted by Gasteiger charge is 2.26. The standard InChI is InChI=1S/C44H66N4O6/c1-30(2)14-16-34-36(52-24-12-10-20-47-22-18-32(28-47)45(5)6)26-38-41(42(34)49)43(50)40-35(17-15-31(3)4)44(51-9)39(27-37(40)54-38)53-25-13-11-21-48-23-19-33(29-48)46(7)8/h14-15,26-27,32-33,49H,10-13,16-25,28-29H2,1-9H3/t32-,33-/m1/s1. The van der Waals surface area contributed by atoms with Gasteiger partial charge in [-0.25, -0.2) is 0 Å². The van der Waals surface area contributed by atoms with Gasteiger partial charge >= 0.3 is 0 Å². The molecule has 2 aliphatic heterocycles. The van der Waals surface area contributed by atoms with E-state index in [1.54, 1.807) is 19.2 Å². The Bertz CT molecular complexity index is 1840. The molecule has 1 N–H and O–H groups in total. The lowest BCUT2D eigenvalue weighted by atomic mass is 9.98. The van der Waals surface area contributed by atoms with Crippen LogP contribution in [0.1, 0.15) is 77.3 Å². The summed E-state index contributed by atoms with van der Waals surface area (Å²) in [4.78, 5) is 24.2. The van der Waals surface area contributed by atoms with Gasteiger partial charge in [0.05, 0.1) is 25.7 Å². The van der Waals surface area contributed by atoms with Crippen molar-refractivity contribution in [3.63, 3.8) is 0 Å². The van der Waals surface area contributed by atoms with Crippen LogP contribution < -0.4 is 19.6 Å². The number of fused-ring (bicyclic) bond motifs is 2. The van der Waals surface area contributed by atoms with Crippen molar-refractivity contribution in [2.45, 2.75) is 91.1 Å². The Kier molecular flexibility index (Phi) is 14.9. The third-order valence-electron chi connectivity index (χ3n) is 11.2. The van der Waals surface area contributed by atoms with Crippen LogP contribution in [0, 0.1) is 0 Å². The van der Waals surface area contributed by atoms with E-state index in [9.17, 15) is 9.90 Å². The molecule has 2 aromatic carbocycles. The van der Waals surface area contributed by atoms with E-state index in [1.165, 1.54) is 12.8 Å². The molecule has 5 rings (SSSR count). The van der Waals surface area contributed by atoms with E-state index < -0.39 is 0 Å². The zero-order valence-electron chi connectivity index (χ0n) is 34.6. The molecule has 0 unspecified atom stereocenters. The highest BCUT2D eigenvalue weighted by Crippen LogP contribution is 2.42. The largest absolute Gasteiger partial charge is 0.507 e. The number of likely N-dealkylation sites (tertiary alicyclic amines) is 2. The summed E-state index contributed by atoms with van der Waals surface area (Å²) in [6.07, 6.45) is 11.3. The van der Waals surface area contributed by atoms with Gasteiger partial charge in [-0.15, -0.1) is 0 Å². The average molecular weight is 747 g/mol. The topological polar surface area (TPSA) is 91.1 Å². The molecule has 0 radical (unpaired) electrons. The van der Waals surface area contributed by atoms with Crippen molar-refractivity contribution in [1.29, 1.82) is 0 Å². The van der Waals surface area contributed by atoms with Crippen molar-refractivity contribution < 1.29 is 23.7 Å². The summed E-state index contributed by atoms with van der Waals surface area (Å²) < 4.78 is 25.3. The first-order valence-corrected chi connectivity index (χ1v) is 20.0. The van der Waals surface area contributed by atoms with E-state index in [1.807, 2.05) is 33.8 Å². The zero-order valence-corrected chi connectivity index (χ0v) is 34.6. The molecule has 0 saturated carbocycles. The molecule has 2 saturated heterocycles. The average Bonchev–Trinajstić information content (AvgIpc) is 3.80. The van der Waals surface area contributed by atoms with Crippen molar-refractivity contribution in [2.75, 3.05) is 87.8 Å². The summed E-state index contributed by atoms with van der Waals surface area (Å²) in [6, 6.07) is 4.81. The zero-order chi connectivity index (χ0) is 38.9. The van der Waals surface area contributed by atoms with Crippen LogP contribution >= 0.6 is 0 Å². The Balaban J connectivity index is 1.41. The third-order valence-corrected chi connectivity index (χ3v) is 11.2. The minimum atomic E-state index is -0.293. The molecule has 0 aliphatic carbocycles. The second-order valence-electron chi connectivity index (χ2n) is 16.3. The summed E-state index contributed by atoms with van der Waals surface area (Å²) in [5.74, 6) is 1.52. The molecule has 2 fully saturated rings. The Morgan fingerprint density at radius 3 is 1.78 bits per heavy atom. The van der Waals surface area contributed by atoms with Crippen LogP contribution in [0.15, 0.2) is 44.6 Å². The van der Waals surface area contributed by atoms with Crippen LogP contribution in [0.3, 0.4) is 0 Å². The number of aromatic hydroxyl groups is 1. The van der Waals surface area contributed by atoms with Crippen LogP contribution in [0.4, 0.5) is 0 Å². The maximum atomic E-state index is 14.5. The number of likely N-dealkylation sites (N-methyl/N-ethyl adjacent to an activating group) is 2. The van der Waals surface area contributed by atoms with E-state index in [0.717, 1.165) is 76.1 Å². The third kappa shape index (κ3) is 10.4. The van der Waals surface area contributed by atoms with Crippen LogP contribution in [0.25, 0.3) is 21.9 Å². The minimum absolute atomic E-state index is 0.0928. The Labute approximate surface area is 323 Å². The molecule has 10 nitrogen and oxygen atoms in total. The maximum Gasteiger partial charge on any atom is 0.204 e. The lowest BCUT2D eigenvalue weighted by Gasteiger charge is -2.20. The fourth-order valence-corrected chi connectivity index (χ4v) is 7.78. The Morgan fingerprint density at radius 1 is 0.778 bits per heavy atom. The van der Waals surface area contributed by atoms with E-state index in [4.69, 9.17) is 18.6 Å². The number of unbranched alkanes of at least 4 members (excludes halogenated alkanes) is 2. The number of hydrogen-bond acceptors (Lipinski definition) is 10. The van der Waals surface area contributed by atoms with Crippen LogP contribution in [0.2, 0.25) is 0 Å². The highest BCUT2D eigenvalue weighted by atomic mass is 16.5. The first kappa shape index (κ1) is 41.6. The summed E-state index contributed by atoms with van der Waals surface area (Å²) in [7, 11) is 10.2. The number of hydrogen-bond donors (Lipinski definition) is 1. The Morgan fingerprint density at radius 2 is 1.28 bits per heavy atom. The molecule has 10 heteroatoms. The van der Waals surface area contributed by atoms with Crippen molar-refractivity contribution in [1.82, 2.24) is 19.6 Å². The van der Waals surface area contributed by atoms with Gasteiger partial charge in [-0.1, -0.05) is 23.3 Å². The maximum absolute atomic E-state index is 14.5. The van der Waals surface area contributed by atoms with Crippen LogP contribution in [0.5, 0.6) is 23.0 Å². The minimum Gasteiger partial charge on any atom is -0.507 e. The van der Waals surface area contributed by atoms with Crippen LogP contribution in [-0.2, 0) is 12.8 Å². The fraction of sp³-hybridized carbons (Fsp3) is 0.614. The highest BCUT2D eigenvalue weighted by molar-refractivity contribution is 5.98. The number of methoxy groups -OCH3 is 1. The predicted molar refractivity (Wildman–Crippen MR) is 221 cm³/mol.